The summed E-state index contributed by atoms with van der Waals surface area (Å²) < 4.78 is 11.4. The van der Waals surface area contributed by atoms with E-state index in [2.05, 4.69) is 50.9 Å². The minimum atomic E-state index is 0.0951. The lowest BCUT2D eigenvalue weighted by Crippen LogP contribution is -2.37. The summed E-state index contributed by atoms with van der Waals surface area (Å²) in [7, 11) is 3.60. The fourth-order valence-corrected chi connectivity index (χ4v) is 4.00. The molecule has 2 heterocycles. The predicted molar refractivity (Wildman–Crippen MR) is 106 cm³/mol. The summed E-state index contributed by atoms with van der Waals surface area (Å²) in [5.41, 5.74) is 2.34. The highest BCUT2D eigenvalue weighted by Gasteiger charge is 2.23. The Morgan fingerprint density at radius 3 is 2.92 bits per heavy atom. The predicted octanol–water partition coefficient (Wildman–Crippen LogP) is 3.92. The fraction of sp³-hybridized carbons (Fsp3) is 0.350. The third-order valence-corrected chi connectivity index (χ3v) is 5.65. The molecule has 0 saturated carbocycles. The zero-order chi connectivity index (χ0) is 17.9. The number of rotatable bonds is 5. The molecule has 1 fully saturated rings. The number of thiazole rings is 1. The summed E-state index contributed by atoms with van der Waals surface area (Å²) in [6.45, 7) is 3.43. The lowest BCUT2D eigenvalue weighted by atomic mass is 10.0. The molecule has 1 aliphatic heterocycles. The minimum absolute atomic E-state index is 0.0951. The molecular formula is C20H23N3O2S. The molecule has 2 aromatic carbocycles. The van der Waals surface area contributed by atoms with Gasteiger partial charge in [0.05, 0.1) is 25.5 Å². The van der Waals surface area contributed by atoms with Crippen LogP contribution in [0.25, 0.3) is 10.8 Å². The number of aromatic nitrogens is 1. The largest absolute Gasteiger partial charge is 0.497 e. The molecule has 3 aromatic rings. The van der Waals surface area contributed by atoms with Crippen molar-refractivity contribution >= 4 is 27.2 Å². The number of nitrogens with one attached hydrogen (secondary N) is 1. The van der Waals surface area contributed by atoms with Crippen LogP contribution in [0.2, 0.25) is 0 Å². The maximum atomic E-state index is 6.06. The Balaban J connectivity index is 1.49. The molecule has 6 heteroatoms. The van der Waals surface area contributed by atoms with Crippen molar-refractivity contribution in [1.82, 2.24) is 9.88 Å². The molecule has 0 amide bonds. The van der Waals surface area contributed by atoms with Crippen LogP contribution >= 0.6 is 11.3 Å². The second-order valence-electron chi connectivity index (χ2n) is 6.46. The van der Waals surface area contributed by atoms with Crippen LogP contribution in [0, 0.1) is 0 Å². The van der Waals surface area contributed by atoms with Crippen molar-refractivity contribution in [3.05, 3.63) is 53.0 Å². The van der Waals surface area contributed by atoms with Crippen molar-refractivity contribution in [3.63, 3.8) is 0 Å². The van der Waals surface area contributed by atoms with Crippen LogP contribution in [-0.2, 0) is 11.3 Å². The Morgan fingerprint density at radius 2 is 2.12 bits per heavy atom. The normalized spacial score (nSPS) is 18.2. The average Bonchev–Trinajstić information content (AvgIpc) is 3.15. The SMILES string of the molecule is CNc1nc(CN2CCOC(c3ccc4cc(OC)ccc4c3)C2)cs1. The Labute approximate surface area is 157 Å². The van der Waals surface area contributed by atoms with Gasteiger partial charge in [0.2, 0.25) is 0 Å². The van der Waals surface area contributed by atoms with Crippen LogP contribution in [-0.4, -0.2) is 43.7 Å². The summed E-state index contributed by atoms with van der Waals surface area (Å²) in [4.78, 5) is 7.01. The first-order valence-corrected chi connectivity index (χ1v) is 9.67. The van der Waals surface area contributed by atoms with Crippen LogP contribution in [0.5, 0.6) is 5.75 Å². The number of hydrogen-bond acceptors (Lipinski definition) is 6. The van der Waals surface area contributed by atoms with Crippen LogP contribution in [0.15, 0.2) is 41.8 Å². The first-order chi connectivity index (χ1) is 12.7. The molecule has 136 valence electrons. The standard InChI is InChI=1S/C20H23N3O2S/c1-21-20-22-17(13-26-20)11-23-7-8-25-19(12-23)16-4-3-15-10-18(24-2)6-5-14(15)9-16/h3-6,9-10,13,19H,7-8,11-12H2,1-2H3,(H,21,22). The molecule has 1 aliphatic rings. The van der Waals surface area contributed by atoms with Gasteiger partial charge >= 0.3 is 0 Å². The van der Waals surface area contributed by atoms with Gasteiger partial charge in [-0.25, -0.2) is 4.98 Å². The van der Waals surface area contributed by atoms with E-state index in [0.717, 1.165) is 42.8 Å². The van der Waals surface area contributed by atoms with Crippen LogP contribution in [0.1, 0.15) is 17.4 Å². The Morgan fingerprint density at radius 1 is 1.27 bits per heavy atom. The van der Waals surface area contributed by atoms with E-state index in [1.165, 1.54) is 16.3 Å². The van der Waals surface area contributed by atoms with Crippen molar-refractivity contribution < 1.29 is 9.47 Å². The number of morpholine rings is 1. The summed E-state index contributed by atoms with van der Waals surface area (Å²) in [5, 5.41) is 8.59. The highest BCUT2D eigenvalue weighted by atomic mass is 32.1. The lowest BCUT2D eigenvalue weighted by Gasteiger charge is -2.32. The zero-order valence-corrected chi connectivity index (χ0v) is 15.9. The first-order valence-electron chi connectivity index (χ1n) is 8.79. The van der Waals surface area contributed by atoms with Gasteiger partial charge < -0.3 is 14.8 Å². The van der Waals surface area contributed by atoms with Crippen LogP contribution in [0.4, 0.5) is 5.13 Å². The molecule has 1 N–H and O–H groups in total. The van der Waals surface area contributed by atoms with Crippen molar-refractivity contribution in [2.45, 2.75) is 12.6 Å². The molecule has 1 unspecified atom stereocenters. The lowest BCUT2D eigenvalue weighted by molar-refractivity contribution is -0.0331. The van der Waals surface area contributed by atoms with Gasteiger partial charge in [0.15, 0.2) is 5.13 Å². The Hall–Kier alpha value is -2.15. The summed E-state index contributed by atoms with van der Waals surface area (Å²) in [6, 6.07) is 12.7. The van der Waals surface area contributed by atoms with Crippen molar-refractivity contribution in [3.8, 4) is 5.75 Å². The Kier molecular flexibility index (Phi) is 5.06. The summed E-state index contributed by atoms with van der Waals surface area (Å²) in [6.07, 6.45) is 0.0951. The molecule has 1 saturated heterocycles. The first kappa shape index (κ1) is 17.3. The van der Waals surface area contributed by atoms with Gasteiger partial charge in [0.25, 0.3) is 0 Å². The maximum Gasteiger partial charge on any atom is 0.182 e. The fourth-order valence-electron chi connectivity index (χ4n) is 3.34. The smallest absolute Gasteiger partial charge is 0.182 e. The average molecular weight is 369 g/mol. The van der Waals surface area contributed by atoms with E-state index in [4.69, 9.17) is 9.47 Å². The summed E-state index contributed by atoms with van der Waals surface area (Å²) in [5.74, 6) is 0.884. The van der Waals surface area contributed by atoms with E-state index in [1.54, 1.807) is 18.4 Å². The van der Waals surface area contributed by atoms with Gasteiger partial charge in [0, 0.05) is 32.1 Å². The van der Waals surface area contributed by atoms with Crippen molar-refractivity contribution in [2.24, 2.45) is 0 Å². The third kappa shape index (κ3) is 3.67. The van der Waals surface area contributed by atoms with E-state index in [-0.39, 0.29) is 6.10 Å². The number of fused-ring (bicyclic) bond motifs is 1. The van der Waals surface area contributed by atoms with E-state index in [9.17, 15) is 0 Å². The van der Waals surface area contributed by atoms with Crippen LogP contribution < -0.4 is 10.1 Å². The van der Waals surface area contributed by atoms with Gasteiger partial charge in [-0.3, -0.25) is 4.90 Å². The monoisotopic (exact) mass is 369 g/mol. The molecule has 5 nitrogen and oxygen atoms in total. The second-order valence-corrected chi connectivity index (χ2v) is 7.32. The van der Waals surface area contributed by atoms with Gasteiger partial charge in [-0.2, -0.15) is 0 Å². The van der Waals surface area contributed by atoms with Gasteiger partial charge in [0.1, 0.15) is 5.75 Å². The molecule has 0 spiro atoms. The second kappa shape index (κ2) is 7.61. The molecule has 1 atom stereocenters. The summed E-state index contributed by atoms with van der Waals surface area (Å²) >= 11 is 1.65. The quantitative estimate of drug-likeness (QED) is 0.739. The molecule has 0 radical (unpaired) electrons. The molecule has 26 heavy (non-hydrogen) atoms. The Bertz CT molecular complexity index is 896. The highest BCUT2D eigenvalue weighted by Crippen LogP contribution is 2.28. The number of nitrogens with zero attached hydrogens (tertiary/aromatic N) is 2. The van der Waals surface area contributed by atoms with E-state index >= 15 is 0 Å². The number of hydrogen-bond donors (Lipinski definition) is 1. The topological polar surface area (TPSA) is 46.6 Å². The molecule has 1 aromatic heterocycles. The number of anilines is 1. The molecular weight excluding hydrogens is 346 g/mol. The van der Waals surface area contributed by atoms with E-state index in [0.29, 0.717) is 0 Å². The maximum absolute atomic E-state index is 6.06. The molecule has 0 bridgehead atoms. The van der Waals surface area contributed by atoms with Gasteiger partial charge in [-0.15, -0.1) is 11.3 Å². The van der Waals surface area contributed by atoms with Gasteiger partial charge in [-0.05, 0) is 34.5 Å². The van der Waals surface area contributed by atoms with Crippen molar-refractivity contribution in [1.29, 1.82) is 0 Å². The van der Waals surface area contributed by atoms with E-state index in [1.807, 2.05) is 13.1 Å². The molecule has 0 aliphatic carbocycles. The minimum Gasteiger partial charge on any atom is -0.497 e. The zero-order valence-electron chi connectivity index (χ0n) is 15.1. The highest BCUT2D eigenvalue weighted by molar-refractivity contribution is 7.13. The number of ether oxygens (including phenoxy) is 2. The van der Waals surface area contributed by atoms with Crippen molar-refractivity contribution in [2.75, 3.05) is 39.2 Å². The van der Waals surface area contributed by atoms with Gasteiger partial charge in [-0.1, -0.05) is 18.2 Å². The van der Waals surface area contributed by atoms with E-state index < -0.39 is 0 Å². The third-order valence-electron chi connectivity index (χ3n) is 4.75. The molecule has 4 rings (SSSR count). The number of methoxy groups -OCH3 is 1. The van der Waals surface area contributed by atoms with Crippen LogP contribution in [0.3, 0.4) is 0 Å². The number of benzene rings is 2.